The van der Waals surface area contributed by atoms with Crippen LogP contribution in [0.4, 0.5) is 0 Å². The Hall–Kier alpha value is -2.78. The second-order valence-electron chi connectivity index (χ2n) is 6.38. The van der Waals surface area contributed by atoms with Crippen LogP contribution in [0, 0.1) is 12.3 Å². The van der Waals surface area contributed by atoms with Crippen molar-refractivity contribution in [2.45, 2.75) is 70.4 Å². The molecule has 0 unspecified atom stereocenters. The Morgan fingerprint density at radius 3 is 2.00 bits per heavy atom. The molecule has 0 saturated carbocycles. The number of ether oxygens (including phenoxy) is 5. The molecule has 0 aliphatic carbocycles. The highest BCUT2D eigenvalue weighted by molar-refractivity contribution is 8.14. The number of esters is 4. The molecule has 12 heteroatoms. The predicted molar refractivity (Wildman–Crippen MR) is 107 cm³/mol. The maximum Gasteiger partial charge on any atom is 0.303 e. The number of terminal acetylenes is 1. The summed E-state index contributed by atoms with van der Waals surface area (Å²) in [7, 11) is 0. The van der Waals surface area contributed by atoms with Gasteiger partial charge < -0.3 is 28.9 Å². The van der Waals surface area contributed by atoms with Gasteiger partial charge in [-0.1, -0.05) is 16.9 Å². The van der Waals surface area contributed by atoms with E-state index in [1.165, 1.54) is 6.92 Å². The van der Waals surface area contributed by atoms with Crippen LogP contribution in [0.5, 0.6) is 0 Å². The summed E-state index contributed by atoms with van der Waals surface area (Å²) in [5.74, 6) is -0.397. The number of rotatable bonds is 8. The summed E-state index contributed by atoms with van der Waals surface area (Å²) in [4.78, 5) is 46.4. The maximum absolute atomic E-state index is 11.8. The minimum Gasteiger partial charge on any atom is -0.463 e. The van der Waals surface area contributed by atoms with E-state index in [-0.39, 0.29) is 24.5 Å². The number of carbonyl (C=O) groups excluding carboxylic acids is 4. The highest BCUT2D eigenvalue weighted by Gasteiger charge is 2.52. The number of thioether (sulfide) groups is 1. The predicted octanol–water partition coefficient (Wildman–Crippen LogP) is 1.00. The fourth-order valence-corrected chi connectivity index (χ4v) is 3.81. The molecular formula is C19H25NO10S. The zero-order chi connectivity index (χ0) is 23.6. The van der Waals surface area contributed by atoms with E-state index in [4.69, 9.17) is 30.1 Å². The second kappa shape index (κ2) is 12.8. The molecule has 0 aromatic carbocycles. The maximum atomic E-state index is 11.8. The molecule has 1 fully saturated rings. The molecule has 0 radical (unpaired) electrons. The molecule has 1 aliphatic rings. The first-order chi connectivity index (χ1) is 14.6. The van der Waals surface area contributed by atoms with E-state index < -0.39 is 53.7 Å². The van der Waals surface area contributed by atoms with Crippen LogP contribution < -0.4 is 0 Å². The first-order valence-electron chi connectivity index (χ1n) is 9.20. The molecule has 31 heavy (non-hydrogen) atoms. The normalized spacial score (nSPS) is 25.6. The molecule has 1 aliphatic heterocycles. The lowest BCUT2D eigenvalue weighted by atomic mass is 9.99. The minimum atomic E-state index is -1.29. The third-order valence-corrected chi connectivity index (χ3v) is 4.96. The minimum absolute atomic E-state index is 0.166. The quantitative estimate of drug-likeness (QED) is 0.105. The monoisotopic (exact) mass is 459 g/mol. The molecule has 5 atom stereocenters. The summed E-state index contributed by atoms with van der Waals surface area (Å²) < 4.78 is 26.8. The second-order valence-corrected chi connectivity index (χ2v) is 7.55. The van der Waals surface area contributed by atoms with Gasteiger partial charge in [-0.05, 0) is 0 Å². The van der Waals surface area contributed by atoms with E-state index >= 15 is 0 Å². The standard InChI is InChI=1S/C19H25NO10S/c1-6-7-8-15(20-25)31-19-18(29-13(5)24)17(28-12(4)23)16(27-11(3)22)14(30-19)9-26-10(2)21/h1,14,16-19,25H,7-9H2,2-5H3/b20-15-/t14-,16-,17+,18-,19+/m1/s1. The van der Waals surface area contributed by atoms with Crippen molar-refractivity contribution in [1.29, 1.82) is 0 Å². The number of carbonyl (C=O) groups is 4. The molecule has 1 saturated heterocycles. The van der Waals surface area contributed by atoms with Gasteiger partial charge >= 0.3 is 23.9 Å². The Balaban J connectivity index is 3.35. The molecular weight excluding hydrogens is 434 g/mol. The van der Waals surface area contributed by atoms with Crippen LogP contribution in [-0.4, -0.2) is 70.6 Å². The lowest BCUT2D eigenvalue weighted by molar-refractivity contribution is -0.237. The average molecular weight is 459 g/mol. The van der Waals surface area contributed by atoms with Crippen molar-refractivity contribution in [1.82, 2.24) is 0 Å². The topological polar surface area (TPSA) is 147 Å². The summed E-state index contributed by atoms with van der Waals surface area (Å²) in [6.07, 6.45) is 0.845. The van der Waals surface area contributed by atoms with Gasteiger partial charge in [0.25, 0.3) is 0 Å². The summed E-state index contributed by atoms with van der Waals surface area (Å²) in [6.45, 7) is 4.23. The number of oxime groups is 1. The van der Waals surface area contributed by atoms with Gasteiger partial charge in [0, 0.05) is 40.5 Å². The van der Waals surface area contributed by atoms with Crippen LogP contribution in [0.1, 0.15) is 40.5 Å². The fraction of sp³-hybridized carbons (Fsp3) is 0.632. The molecule has 1 heterocycles. The van der Waals surface area contributed by atoms with E-state index in [1.807, 2.05) is 0 Å². The fourth-order valence-electron chi connectivity index (χ4n) is 2.73. The number of nitrogens with zero attached hydrogens (tertiary/aromatic N) is 1. The number of hydrogen-bond donors (Lipinski definition) is 1. The van der Waals surface area contributed by atoms with Crippen molar-refractivity contribution >= 4 is 40.7 Å². The van der Waals surface area contributed by atoms with Crippen molar-refractivity contribution in [3.63, 3.8) is 0 Å². The molecule has 1 N–H and O–H groups in total. The Morgan fingerprint density at radius 2 is 1.52 bits per heavy atom. The van der Waals surface area contributed by atoms with Gasteiger partial charge in [0.1, 0.15) is 23.2 Å². The van der Waals surface area contributed by atoms with E-state index in [0.29, 0.717) is 0 Å². The van der Waals surface area contributed by atoms with Gasteiger partial charge in [0.2, 0.25) is 0 Å². The Kier molecular flexibility index (Phi) is 10.8. The summed E-state index contributed by atoms with van der Waals surface area (Å²) in [6, 6.07) is 0. The molecule has 0 aromatic rings. The van der Waals surface area contributed by atoms with Gasteiger partial charge in [0.05, 0.1) is 0 Å². The third-order valence-electron chi connectivity index (χ3n) is 3.80. The lowest BCUT2D eigenvalue weighted by Gasteiger charge is -2.44. The van der Waals surface area contributed by atoms with E-state index in [9.17, 15) is 24.4 Å². The van der Waals surface area contributed by atoms with Crippen LogP contribution in [0.25, 0.3) is 0 Å². The molecule has 11 nitrogen and oxygen atoms in total. The highest BCUT2D eigenvalue weighted by Crippen LogP contribution is 2.35. The largest absolute Gasteiger partial charge is 0.463 e. The zero-order valence-electron chi connectivity index (χ0n) is 17.6. The molecule has 0 spiro atoms. The molecule has 0 aromatic heterocycles. The summed E-state index contributed by atoms with van der Waals surface area (Å²) in [5, 5.41) is 12.6. The molecule has 0 amide bonds. The van der Waals surface area contributed by atoms with Crippen molar-refractivity contribution in [2.75, 3.05) is 6.61 Å². The molecule has 1 rings (SSSR count). The number of hydrogen-bond acceptors (Lipinski definition) is 12. The van der Waals surface area contributed by atoms with E-state index in [1.54, 1.807) is 0 Å². The zero-order valence-corrected chi connectivity index (χ0v) is 18.4. The van der Waals surface area contributed by atoms with Crippen molar-refractivity contribution in [3.8, 4) is 12.3 Å². The van der Waals surface area contributed by atoms with Gasteiger partial charge in [0.15, 0.2) is 18.3 Å². The first kappa shape index (κ1) is 26.3. The van der Waals surface area contributed by atoms with Crippen molar-refractivity contribution in [2.24, 2.45) is 5.16 Å². The lowest BCUT2D eigenvalue weighted by Crippen LogP contribution is -2.61. The molecule has 172 valence electrons. The van der Waals surface area contributed by atoms with Gasteiger partial charge in [-0.3, -0.25) is 19.2 Å². The summed E-state index contributed by atoms with van der Waals surface area (Å²) in [5.41, 5.74) is -1.07. The average Bonchev–Trinajstić information content (AvgIpc) is 2.66. The smallest absolute Gasteiger partial charge is 0.303 e. The van der Waals surface area contributed by atoms with Crippen LogP contribution in [0.3, 0.4) is 0 Å². The van der Waals surface area contributed by atoms with Gasteiger partial charge in [-0.15, -0.1) is 12.3 Å². The first-order valence-corrected chi connectivity index (χ1v) is 10.1. The molecule has 0 bridgehead atoms. The Bertz CT molecular complexity index is 746. The van der Waals surface area contributed by atoms with Gasteiger partial charge in [-0.25, -0.2) is 0 Å². The van der Waals surface area contributed by atoms with Crippen LogP contribution in [-0.2, 0) is 42.9 Å². The van der Waals surface area contributed by atoms with E-state index in [2.05, 4.69) is 11.1 Å². The van der Waals surface area contributed by atoms with Crippen LogP contribution in [0.15, 0.2) is 5.16 Å². The van der Waals surface area contributed by atoms with Crippen LogP contribution in [0.2, 0.25) is 0 Å². The van der Waals surface area contributed by atoms with Crippen molar-refractivity contribution < 1.29 is 48.1 Å². The Labute approximate surface area is 183 Å². The van der Waals surface area contributed by atoms with Gasteiger partial charge in [-0.2, -0.15) is 0 Å². The van der Waals surface area contributed by atoms with Crippen molar-refractivity contribution in [3.05, 3.63) is 0 Å². The highest BCUT2D eigenvalue weighted by atomic mass is 32.2. The Morgan fingerprint density at radius 1 is 0.968 bits per heavy atom. The third kappa shape index (κ3) is 8.85. The SMILES string of the molecule is C#CCC/C(=N/O)S[C@@H]1O[C@H](COC(C)=O)[C@@H](OC(C)=O)[C@H](OC(C)=O)[C@H]1OC(C)=O. The summed E-state index contributed by atoms with van der Waals surface area (Å²) >= 11 is 0.878. The van der Waals surface area contributed by atoms with Crippen LogP contribution >= 0.6 is 11.8 Å². The van der Waals surface area contributed by atoms with E-state index in [0.717, 1.165) is 32.5 Å².